The molecule has 1 aliphatic heterocycles. The molecule has 2 N–H and O–H groups in total. The maximum absolute atomic E-state index is 12.0. The minimum Gasteiger partial charge on any atom is -0.504 e. The van der Waals surface area contributed by atoms with Crippen LogP contribution in [0.5, 0.6) is 11.5 Å². The lowest BCUT2D eigenvalue weighted by Gasteiger charge is -2.38. The maximum atomic E-state index is 12.0. The van der Waals surface area contributed by atoms with Gasteiger partial charge in [-0.25, -0.2) is 0 Å². The predicted octanol–water partition coefficient (Wildman–Crippen LogP) is 2.53. The fourth-order valence-electron chi connectivity index (χ4n) is 2.73. The minimum absolute atomic E-state index is 0.0448. The van der Waals surface area contributed by atoms with Crippen molar-refractivity contribution in [3.8, 4) is 11.5 Å². The molecule has 0 bridgehead atoms. The molecule has 126 valence electrons. The van der Waals surface area contributed by atoms with E-state index in [1.165, 1.54) is 7.11 Å². The number of rotatable bonds is 6. The topological polar surface area (TPSA) is 67.8 Å². The molecule has 2 rings (SSSR count). The second-order valence-corrected chi connectivity index (χ2v) is 6.24. The normalized spacial score (nSPS) is 24.7. The number of hydrogen-bond donors (Lipinski definition) is 2. The molecule has 1 heterocycles. The zero-order valence-electron chi connectivity index (χ0n) is 14.0. The van der Waals surface area contributed by atoms with Crippen LogP contribution in [0.3, 0.4) is 0 Å². The molecule has 1 aromatic carbocycles. The van der Waals surface area contributed by atoms with Crippen molar-refractivity contribution in [2.24, 2.45) is 0 Å². The van der Waals surface area contributed by atoms with E-state index in [4.69, 9.17) is 9.47 Å². The summed E-state index contributed by atoms with van der Waals surface area (Å²) in [5.74, 6) is 0.520. The summed E-state index contributed by atoms with van der Waals surface area (Å²) in [7, 11) is 1.50. The van der Waals surface area contributed by atoms with Crippen molar-refractivity contribution in [3.05, 3.63) is 29.8 Å². The van der Waals surface area contributed by atoms with Crippen molar-refractivity contribution in [1.29, 1.82) is 0 Å². The molecule has 0 aromatic heterocycles. The first-order valence-electron chi connectivity index (χ1n) is 7.88. The van der Waals surface area contributed by atoms with E-state index in [2.05, 4.69) is 5.32 Å². The number of carbonyl (C=O) groups is 1. The summed E-state index contributed by atoms with van der Waals surface area (Å²) >= 11 is 0. The van der Waals surface area contributed by atoms with Crippen LogP contribution >= 0.6 is 0 Å². The van der Waals surface area contributed by atoms with Crippen LogP contribution in [-0.4, -0.2) is 42.8 Å². The van der Waals surface area contributed by atoms with Crippen molar-refractivity contribution in [3.63, 3.8) is 0 Å². The molecule has 5 heteroatoms. The van der Waals surface area contributed by atoms with Crippen LogP contribution in [0, 0.1) is 0 Å². The molecule has 1 aliphatic rings. The van der Waals surface area contributed by atoms with Crippen LogP contribution in [-0.2, 0) is 9.53 Å². The highest BCUT2D eigenvalue weighted by Crippen LogP contribution is 2.27. The first kappa shape index (κ1) is 17.5. The van der Waals surface area contributed by atoms with E-state index in [1.807, 2.05) is 13.8 Å². The molecule has 0 radical (unpaired) electrons. The number of methoxy groups -OCH3 is 1. The number of ether oxygens (including phenoxy) is 2. The fourth-order valence-corrected chi connectivity index (χ4v) is 2.73. The van der Waals surface area contributed by atoms with E-state index in [-0.39, 0.29) is 23.2 Å². The zero-order chi connectivity index (χ0) is 16.9. The van der Waals surface area contributed by atoms with Crippen molar-refractivity contribution in [2.45, 2.75) is 38.4 Å². The van der Waals surface area contributed by atoms with Crippen LogP contribution in [0.4, 0.5) is 0 Å². The van der Waals surface area contributed by atoms with Gasteiger partial charge in [0, 0.05) is 19.5 Å². The monoisotopic (exact) mass is 319 g/mol. The molecule has 1 aromatic rings. The largest absolute Gasteiger partial charge is 0.504 e. The lowest BCUT2D eigenvalue weighted by atomic mass is 9.96. The summed E-state index contributed by atoms with van der Waals surface area (Å²) < 4.78 is 10.9. The predicted molar refractivity (Wildman–Crippen MR) is 89.8 cm³/mol. The van der Waals surface area contributed by atoms with Gasteiger partial charge in [0.1, 0.15) is 0 Å². The standard InChI is InChI=1S/C18H25NO4/c1-13-11-19-12-18(2,23-13)9-8-15(20)6-4-14-5-7-17(22-3)16(21)10-14/h4-7,10,13,19,21H,8-9,11-12H2,1-3H3. The van der Waals surface area contributed by atoms with Gasteiger partial charge < -0.3 is 19.9 Å². The van der Waals surface area contributed by atoms with Gasteiger partial charge in [0.15, 0.2) is 17.3 Å². The Bertz CT molecular complexity index is 584. The van der Waals surface area contributed by atoms with Crippen LogP contribution in [0.1, 0.15) is 32.3 Å². The van der Waals surface area contributed by atoms with Crippen molar-refractivity contribution in [2.75, 3.05) is 20.2 Å². The summed E-state index contributed by atoms with van der Waals surface area (Å²) in [6.45, 7) is 5.68. The number of phenolic OH excluding ortho intramolecular Hbond substituents is 1. The van der Waals surface area contributed by atoms with Gasteiger partial charge in [0.2, 0.25) is 0 Å². The molecule has 0 saturated carbocycles. The van der Waals surface area contributed by atoms with Gasteiger partial charge in [-0.1, -0.05) is 12.1 Å². The molecule has 2 unspecified atom stereocenters. The highest BCUT2D eigenvalue weighted by Gasteiger charge is 2.31. The first-order valence-corrected chi connectivity index (χ1v) is 7.88. The van der Waals surface area contributed by atoms with Crippen LogP contribution in [0.2, 0.25) is 0 Å². The van der Waals surface area contributed by atoms with E-state index in [1.54, 1.807) is 30.4 Å². The summed E-state index contributed by atoms with van der Waals surface area (Å²) in [5, 5.41) is 13.1. The highest BCUT2D eigenvalue weighted by atomic mass is 16.5. The number of benzene rings is 1. The van der Waals surface area contributed by atoms with E-state index in [9.17, 15) is 9.90 Å². The average molecular weight is 319 g/mol. The SMILES string of the molecule is COc1ccc(C=CC(=O)CCC2(C)CNCC(C)O2)cc1O. The molecule has 2 atom stereocenters. The van der Waals surface area contributed by atoms with Crippen LogP contribution in [0.15, 0.2) is 24.3 Å². The lowest BCUT2D eigenvalue weighted by molar-refractivity contribution is -0.121. The molecular weight excluding hydrogens is 294 g/mol. The quantitative estimate of drug-likeness (QED) is 0.789. The van der Waals surface area contributed by atoms with Gasteiger partial charge >= 0.3 is 0 Å². The number of hydrogen-bond acceptors (Lipinski definition) is 5. The van der Waals surface area contributed by atoms with Gasteiger partial charge in [-0.3, -0.25) is 4.79 Å². The molecule has 0 amide bonds. The fraction of sp³-hybridized carbons (Fsp3) is 0.500. The Morgan fingerprint density at radius 2 is 2.35 bits per heavy atom. The molecule has 23 heavy (non-hydrogen) atoms. The summed E-state index contributed by atoms with van der Waals surface area (Å²) in [4.78, 5) is 12.0. The Morgan fingerprint density at radius 1 is 1.57 bits per heavy atom. The van der Waals surface area contributed by atoms with Gasteiger partial charge in [0.05, 0.1) is 18.8 Å². The Morgan fingerprint density at radius 3 is 3.00 bits per heavy atom. The van der Waals surface area contributed by atoms with Crippen LogP contribution < -0.4 is 10.1 Å². The van der Waals surface area contributed by atoms with E-state index < -0.39 is 0 Å². The number of ketones is 1. The summed E-state index contributed by atoms with van der Waals surface area (Å²) in [6, 6.07) is 5.03. The van der Waals surface area contributed by atoms with Gasteiger partial charge in [-0.15, -0.1) is 0 Å². The third kappa shape index (κ3) is 5.08. The number of phenols is 1. The molecule has 0 aliphatic carbocycles. The Balaban J connectivity index is 1.88. The third-order valence-electron chi connectivity index (χ3n) is 3.98. The minimum atomic E-state index is -0.292. The second-order valence-electron chi connectivity index (χ2n) is 6.24. The maximum Gasteiger partial charge on any atom is 0.160 e. The smallest absolute Gasteiger partial charge is 0.160 e. The molecule has 0 spiro atoms. The Hall–Kier alpha value is -1.85. The molecular formula is C18H25NO4. The Labute approximate surface area is 137 Å². The van der Waals surface area contributed by atoms with E-state index in [0.29, 0.717) is 18.6 Å². The molecule has 1 saturated heterocycles. The van der Waals surface area contributed by atoms with Gasteiger partial charge in [-0.2, -0.15) is 0 Å². The second kappa shape index (κ2) is 7.62. The number of allylic oxidation sites excluding steroid dienone is 1. The molecule has 1 fully saturated rings. The number of carbonyl (C=O) groups excluding carboxylic acids is 1. The van der Waals surface area contributed by atoms with Crippen LogP contribution in [0.25, 0.3) is 6.08 Å². The number of morpholine rings is 1. The number of nitrogens with one attached hydrogen (secondary N) is 1. The van der Waals surface area contributed by atoms with Crippen molar-refractivity contribution < 1.29 is 19.4 Å². The average Bonchev–Trinajstić information content (AvgIpc) is 2.51. The van der Waals surface area contributed by atoms with E-state index >= 15 is 0 Å². The molecule has 5 nitrogen and oxygen atoms in total. The van der Waals surface area contributed by atoms with Gasteiger partial charge in [0.25, 0.3) is 0 Å². The van der Waals surface area contributed by atoms with E-state index in [0.717, 1.165) is 18.7 Å². The van der Waals surface area contributed by atoms with Crippen molar-refractivity contribution in [1.82, 2.24) is 5.32 Å². The first-order chi connectivity index (χ1) is 10.9. The van der Waals surface area contributed by atoms with Crippen molar-refractivity contribution >= 4 is 11.9 Å². The highest BCUT2D eigenvalue weighted by molar-refractivity contribution is 5.93. The zero-order valence-corrected chi connectivity index (χ0v) is 14.0. The third-order valence-corrected chi connectivity index (χ3v) is 3.98. The lowest BCUT2D eigenvalue weighted by Crippen LogP contribution is -2.51. The summed E-state index contributed by atoms with van der Waals surface area (Å²) in [6.07, 6.45) is 4.53. The summed E-state index contributed by atoms with van der Waals surface area (Å²) in [5.41, 5.74) is 0.464. The Kier molecular flexibility index (Phi) is 5.80. The number of aromatic hydroxyl groups is 1. The van der Waals surface area contributed by atoms with Gasteiger partial charge in [-0.05, 0) is 44.0 Å².